The maximum Gasteiger partial charge on any atom is 0.252 e. The Morgan fingerprint density at radius 1 is 1.18 bits per heavy atom. The summed E-state index contributed by atoms with van der Waals surface area (Å²) in [5.41, 5.74) is 4.43. The summed E-state index contributed by atoms with van der Waals surface area (Å²) in [6.07, 6.45) is 3.47. The molecule has 1 N–H and O–H groups in total. The quantitative estimate of drug-likeness (QED) is 0.806. The summed E-state index contributed by atoms with van der Waals surface area (Å²) in [5.74, 6) is -0.0926. The molecule has 3 aromatic rings. The van der Waals surface area contributed by atoms with E-state index in [1.54, 1.807) is 12.4 Å². The van der Waals surface area contributed by atoms with Crippen molar-refractivity contribution >= 4 is 16.8 Å². The molecule has 0 aliphatic rings. The van der Waals surface area contributed by atoms with Gasteiger partial charge in [0.2, 0.25) is 0 Å². The van der Waals surface area contributed by atoms with Gasteiger partial charge in [-0.05, 0) is 43.7 Å². The third kappa shape index (κ3) is 2.96. The first-order valence-electron chi connectivity index (χ1n) is 7.18. The van der Waals surface area contributed by atoms with Gasteiger partial charge in [-0.3, -0.25) is 14.8 Å². The van der Waals surface area contributed by atoms with Crippen molar-refractivity contribution in [3.63, 3.8) is 0 Å². The lowest BCUT2D eigenvalue weighted by atomic mass is 10.0. The maximum absolute atomic E-state index is 12.5. The smallest absolute Gasteiger partial charge is 0.252 e. The van der Waals surface area contributed by atoms with E-state index in [-0.39, 0.29) is 5.91 Å². The van der Waals surface area contributed by atoms with Crippen LogP contribution in [-0.2, 0) is 6.54 Å². The van der Waals surface area contributed by atoms with Crippen molar-refractivity contribution in [1.29, 1.82) is 0 Å². The number of carbonyl (C=O) groups is 1. The molecule has 4 nitrogen and oxygen atoms in total. The molecule has 0 unspecified atom stereocenters. The van der Waals surface area contributed by atoms with Gasteiger partial charge in [0.1, 0.15) is 0 Å². The van der Waals surface area contributed by atoms with Crippen LogP contribution in [0.4, 0.5) is 0 Å². The number of aryl methyl sites for hydroxylation is 2. The van der Waals surface area contributed by atoms with Crippen molar-refractivity contribution in [2.45, 2.75) is 20.4 Å². The zero-order chi connectivity index (χ0) is 15.5. The van der Waals surface area contributed by atoms with Crippen molar-refractivity contribution < 1.29 is 4.79 Å². The van der Waals surface area contributed by atoms with E-state index in [4.69, 9.17) is 0 Å². The minimum Gasteiger partial charge on any atom is -0.348 e. The first-order chi connectivity index (χ1) is 10.6. The molecular formula is C18H17N3O. The molecule has 22 heavy (non-hydrogen) atoms. The molecule has 0 aliphatic heterocycles. The molecule has 0 atom stereocenters. The highest BCUT2D eigenvalue weighted by molar-refractivity contribution is 6.06. The predicted octanol–water partition coefficient (Wildman–Crippen LogP) is 3.18. The molecule has 0 aliphatic carbocycles. The summed E-state index contributed by atoms with van der Waals surface area (Å²) < 4.78 is 0. The number of fused-ring (bicyclic) bond motifs is 1. The van der Waals surface area contributed by atoms with Gasteiger partial charge in [0.25, 0.3) is 5.91 Å². The minimum atomic E-state index is -0.0926. The SMILES string of the molecule is Cc1ccc2nc(C)cc(C(=O)NCc3cccnc3)c2c1. The van der Waals surface area contributed by atoms with Crippen LogP contribution in [0.2, 0.25) is 0 Å². The third-order valence-corrected chi connectivity index (χ3v) is 3.51. The molecule has 0 bridgehead atoms. The molecular weight excluding hydrogens is 274 g/mol. The normalized spacial score (nSPS) is 10.6. The van der Waals surface area contributed by atoms with E-state index in [9.17, 15) is 4.79 Å². The molecule has 0 spiro atoms. The molecule has 110 valence electrons. The number of hydrogen-bond donors (Lipinski definition) is 1. The molecule has 0 radical (unpaired) electrons. The number of nitrogens with zero attached hydrogens (tertiary/aromatic N) is 2. The lowest BCUT2D eigenvalue weighted by Gasteiger charge is -2.09. The van der Waals surface area contributed by atoms with E-state index in [1.165, 1.54) is 0 Å². The Hall–Kier alpha value is -2.75. The van der Waals surface area contributed by atoms with E-state index in [2.05, 4.69) is 15.3 Å². The van der Waals surface area contributed by atoms with Gasteiger partial charge in [-0.2, -0.15) is 0 Å². The van der Waals surface area contributed by atoms with Gasteiger partial charge < -0.3 is 5.32 Å². The Morgan fingerprint density at radius 2 is 2.05 bits per heavy atom. The highest BCUT2D eigenvalue weighted by atomic mass is 16.1. The fourth-order valence-corrected chi connectivity index (χ4v) is 2.44. The molecule has 4 heteroatoms. The average Bonchev–Trinajstić information content (AvgIpc) is 2.53. The fourth-order valence-electron chi connectivity index (χ4n) is 2.44. The van der Waals surface area contributed by atoms with Crippen molar-refractivity contribution in [2.75, 3.05) is 0 Å². The zero-order valence-corrected chi connectivity index (χ0v) is 12.6. The number of pyridine rings is 2. The summed E-state index contributed by atoms with van der Waals surface area (Å²) in [5, 5.41) is 3.83. The summed E-state index contributed by atoms with van der Waals surface area (Å²) in [6, 6.07) is 11.6. The van der Waals surface area contributed by atoms with Crippen LogP contribution in [-0.4, -0.2) is 15.9 Å². The second kappa shape index (κ2) is 5.93. The first kappa shape index (κ1) is 14.2. The van der Waals surface area contributed by atoms with E-state index in [0.717, 1.165) is 27.7 Å². The Labute approximate surface area is 129 Å². The van der Waals surface area contributed by atoms with Gasteiger partial charge in [0.05, 0.1) is 11.1 Å². The topological polar surface area (TPSA) is 54.9 Å². The monoisotopic (exact) mass is 291 g/mol. The van der Waals surface area contributed by atoms with E-state index < -0.39 is 0 Å². The minimum absolute atomic E-state index is 0.0926. The highest BCUT2D eigenvalue weighted by Gasteiger charge is 2.12. The molecule has 1 aromatic carbocycles. The first-order valence-corrected chi connectivity index (χ1v) is 7.18. The zero-order valence-electron chi connectivity index (χ0n) is 12.6. The van der Waals surface area contributed by atoms with Gasteiger partial charge in [-0.15, -0.1) is 0 Å². The van der Waals surface area contributed by atoms with Gasteiger partial charge in [-0.1, -0.05) is 17.7 Å². The number of aromatic nitrogens is 2. The Balaban J connectivity index is 1.91. The van der Waals surface area contributed by atoms with Gasteiger partial charge in [-0.25, -0.2) is 0 Å². The van der Waals surface area contributed by atoms with Crippen LogP contribution in [0.5, 0.6) is 0 Å². The average molecular weight is 291 g/mol. The molecule has 3 rings (SSSR count). The van der Waals surface area contributed by atoms with Crippen LogP contribution in [0.25, 0.3) is 10.9 Å². The van der Waals surface area contributed by atoms with Crippen molar-refractivity contribution in [3.8, 4) is 0 Å². The molecule has 0 saturated carbocycles. The van der Waals surface area contributed by atoms with Crippen LogP contribution in [0, 0.1) is 13.8 Å². The van der Waals surface area contributed by atoms with Crippen LogP contribution in [0.1, 0.15) is 27.2 Å². The number of benzene rings is 1. The summed E-state index contributed by atoms with van der Waals surface area (Å²) in [4.78, 5) is 21.1. The second-order valence-corrected chi connectivity index (χ2v) is 5.38. The Kier molecular flexibility index (Phi) is 3.83. The molecule has 2 aromatic heterocycles. The predicted molar refractivity (Wildman–Crippen MR) is 86.6 cm³/mol. The van der Waals surface area contributed by atoms with Crippen molar-refractivity contribution in [3.05, 3.63) is 71.2 Å². The second-order valence-electron chi connectivity index (χ2n) is 5.38. The highest BCUT2D eigenvalue weighted by Crippen LogP contribution is 2.20. The summed E-state index contributed by atoms with van der Waals surface area (Å²) in [7, 11) is 0. The largest absolute Gasteiger partial charge is 0.348 e. The van der Waals surface area contributed by atoms with Gasteiger partial charge in [0.15, 0.2) is 0 Å². The molecule has 1 amide bonds. The lowest BCUT2D eigenvalue weighted by molar-refractivity contribution is 0.0952. The van der Waals surface area contributed by atoms with E-state index in [1.807, 2.05) is 50.2 Å². The fraction of sp³-hybridized carbons (Fsp3) is 0.167. The summed E-state index contributed by atoms with van der Waals surface area (Å²) in [6.45, 7) is 4.37. The summed E-state index contributed by atoms with van der Waals surface area (Å²) >= 11 is 0. The van der Waals surface area contributed by atoms with Crippen LogP contribution in [0.3, 0.4) is 0 Å². The lowest BCUT2D eigenvalue weighted by Crippen LogP contribution is -2.23. The van der Waals surface area contributed by atoms with Crippen LogP contribution < -0.4 is 5.32 Å². The molecule has 0 saturated heterocycles. The third-order valence-electron chi connectivity index (χ3n) is 3.51. The van der Waals surface area contributed by atoms with Gasteiger partial charge >= 0.3 is 0 Å². The van der Waals surface area contributed by atoms with Gasteiger partial charge in [0, 0.05) is 30.0 Å². The number of amides is 1. The van der Waals surface area contributed by atoms with Crippen molar-refractivity contribution in [2.24, 2.45) is 0 Å². The van der Waals surface area contributed by atoms with Crippen molar-refractivity contribution in [1.82, 2.24) is 15.3 Å². The molecule has 2 heterocycles. The van der Waals surface area contributed by atoms with E-state index >= 15 is 0 Å². The van der Waals surface area contributed by atoms with E-state index in [0.29, 0.717) is 12.1 Å². The van der Waals surface area contributed by atoms with Crippen LogP contribution in [0.15, 0.2) is 48.8 Å². The maximum atomic E-state index is 12.5. The number of carbonyl (C=O) groups excluding carboxylic acids is 1. The Morgan fingerprint density at radius 3 is 2.82 bits per heavy atom. The Bertz CT molecular complexity index is 828. The number of rotatable bonds is 3. The number of hydrogen-bond acceptors (Lipinski definition) is 3. The molecule has 0 fully saturated rings. The number of nitrogens with one attached hydrogen (secondary N) is 1. The standard InChI is InChI=1S/C18H17N3O/c1-12-5-6-17-15(8-12)16(9-13(2)21-17)18(22)20-11-14-4-3-7-19-10-14/h3-10H,11H2,1-2H3,(H,20,22). The van der Waals surface area contributed by atoms with Crippen LogP contribution >= 0.6 is 0 Å².